The van der Waals surface area contributed by atoms with Crippen molar-refractivity contribution >= 4 is 5.97 Å². The molecule has 0 aliphatic rings. The van der Waals surface area contributed by atoms with Gasteiger partial charge in [0.2, 0.25) is 0 Å². The molecule has 0 spiro atoms. The smallest absolute Gasteiger partial charge is 0.303 e. The summed E-state index contributed by atoms with van der Waals surface area (Å²) >= 11 is 0. The lowest BCUT2D eigenvalue weighted by Gasteiger charge is -1.94. The second-order valence-corrected chi connectivity index (χ2v) is 1.50. The van der Waals surface area contributed by atoms with Gasteiger partial charge in [-0.2, -0.15) is 0 Å². The highest BCUT2D eigenvalue weighted by atomic mass is 16.4. The number of aliphatic carboxylic acids is 1. The molecule has 0 saturated carbocycles. The standard InChI is InChI=1S/C5H10O2/c1-4(2)3-5(6)7/h4H,3H2,1-2H3,(H,6,7)/i1D3/t4-/m1/s1. The molecule has 0 saturated heterocycles. The molecule has 0 heterocycles. The fourth-order valence-corrected chi connectivity index (χ4v) is 0.262. The van der Waals surface area contributed by atoms with Crippen LogP contribution in [0.3, 0.4) is 0 Å². The van der Waals surface area contributed by atoms with Crippen molar-refractivity contribution in [3.63, 3.8) is 0 Å². The van der Waals surface area contributed by atoms with Crippen molar-refractivity contribution in [1.82, 2.24) is 0 Å². The van der Waals surface area contributed by atoms with Crippen molar-refractivity contribution in [2.24, 2.45) is 5.92 Å². The zero-order valence-electron chi connectivity index (χ0n) is 7.14. The van der Waals surface area contributed by atoms with Crippen LogP contribution in [0.4, 0.5) is 0 Å². The molecule has 0 radical (unpaired) electrons. The maximum Gasteiger partial charge on any atom is 0.303 e. The first-order valence-corrected chi connectivity index (χ1v) is 2.06. The van der Waals surface area contributed by atoms with Gasteiger partial charge in [-0.3, -0.25) is 4.79 Å². The average molecular weight is 105 g/mol. The summed E-state index contributed by atoms with van der Waals surface area (Å²) in [4.78, 5) is 10.0. The van der Waals surface area contributed by atoms with Gasteiger partial charge < -0.3 is 5.11 Å². The predicted octanol–water partition coefficient (Wildman–Crippen LogP) is 1.12. The second kappa shape index (κ2) is 2.61. The number of carboxylic acid groups (broad SMARTS) is 1. The first kappa shape index (κ1) is 2.70. The molecular formula is C5H10O2. The molecule has 1 N–H and O–H groups in total. The Morgan fingerprint density at radius 3 is 2.86 bits per heavy atom. The molecule has 7 heavy (non-hydrogen) atoms. The molecule has 2 nitrogen and oxygen atoms in total. The lowest BCUT2D eigenvalue weighted by molar-refractivity contribution is -0.137. The molecule has 0 aromatic heterocycles. The quantitative estimate of drug-likeness (QED) is 0.571. The topological polar surface area (TPSA) is 37.3 Å². The second-order valence-electron chi connectivity index (χ2n) is 1.50. The number of hydrogen-bond acceptors (Lipinski definition) is 1. The van der Waals surface area contributed by atoms with Crippen molar-refractivity contribution in [3.8, 4) is 0 Å². The molecule has 0 rings (SSSR count). The normalized spacial score (nSPS) is 21.6. The van der Waals surface area contributed by atoms with Gasteiger partial charge in [0.1, 0.15) is 0 Å². The third kappa shape index (κ3) is 5.47. The van der Waals surface area contributed by atoms with Gasteiger partial charge in [0, 0.05) is 10.5 Å². The third-order valence-corrected chi connectivity index (χ3v) is 0.481. The Bertz CT molecular complexity index is 129. The lowest BCUT2D eigenvalue weighted by Crippen LogP contribution is -1.99. The van der Waals surface area contributed by atoms with E-state index in [1.165, 1.54) is 6.92 Å². The maximum atomic E-state index is 10.0. The van der Waals surface area contributed by atoms with Crippen LogP contribution in [-0.2, 0) is 4.79 Å². The van der Waals surface area contributed by atoms with Gasteiger partial charge in [0.15, 0.2) is 0 Å². The molecule has 0 unspecified atom stereocenters. The summed E-state index contributed by atoms with van der Waals surface area (Å²) in [6.45, 7) is -0.737. The van der Waals surface area contributed by atoms with E-state index in [0.29, 0.717) is 0 Å². The van der Waals surface area contributed by atoms with Gasteiger partial charge >= 0.3 is 5.97 Å². The summed E-state index contributed by atoms with van der Waals surface area (Å²) < 4.78 is 20.4. The highest BCUT2D eigenvalue weighted by Gasteiger charge is 1.98. The molecule has 0 fully saturated rings. The Labute approximate surface area is 47.4 Å². The van der Waals surface area contributed by atoms with Gasteiger partial charge in [-0.05, 0) is 5.92 Å². The van der Waals surface area contributed by atoms with Gasteiger partial charge in [-0.25, -0.2) is 0 Å². The molecule has 0 amide bonds. The van der Waals surface area contributed by atoms with Crippen LogP contribution in [0.1, 0.15) is 24.3 Å². The van der Waals surface area contributed by atoms with E-state index in [-0.39, 0.29) is 6.42 Å². The zero-order valence-corrected chi connectivity index (χ0v) is 4.14. The Morgan fingerprint density at radius 2 is 2.71 bits per heavy atom. The maximum absolute atomic E-state index is 10.0. The van der Waals surface area contributed by atoms with Crippen molar-refractivity contribution in [1.29, 1.82) is 0 Å². The van der Waals surface area contributed by atoms with Crippen molar-refractivity contribution in [2.75, 3.05) is 0 Å². The average Bonchev–Trinajstić information content (AvgIpc) is 1.60. The van der Waals surface area contributed by atoms with Crippen LogP contribution in [0.25, 0.3) is 0 Å². The number of carboxylic acids is 1. The van der Waals surface area contributed by atoms with Gasteiger partial charge in [-0.15, -0.1) is 0 Å². The Hall–Kier alpha value is -0.530. The van der Waals surface area contributed by atoms with Gasteiger partial charge in [-0.1, -0.05) is 13.8 Å². The molecule has 0 aromatic carbocycles. The van der Waals surface area contributed by atoms with E-state index < -0.39 is 18.7 Å². The van der Waals surface area contributed by atoms with Crippen LogP contribution in [0.2, 0.25) is 0 Å². The van der Waals surface area contributed by atoms with Crippen molar-refractivity contribution in [2.45, 2.75) is 20.2 Å². The van der Waals surface area contributed by atoms with Crippen LogP contribution in [0.5, 0.6) is 0 Å². The first-order valence-electron chi connectivity index (χ1n) is 3.56. The minimum Gasteiger partial charge on any atom is -0.481 e. The van der Waals surface area contributed by atoms with Crippen LogP contribution < -0.4 is 0 Å². The Kier molecular flexibility index (Phi) is 1.01. The number of carbonyl (C=O) groups is 1. The molecule has 2 heteroatoms. The Balaban J connectivity index is 3.85. The summed E-state index contributed by atoms with van der Waals surface area (Å²) in [5.74, 6) is -1.83. The summed E-state index contributed by atoms with van der Waals surface area (Å²) in [6.07, 6.45) is -0.295. The van der Waals surface area contributed by atoms with E-state index in [1.807, 2.05) is 0 Å². The summed E-state index contributed by atoms with van der Waals surface area (Å²) in [5.41, 5.74) is 0. The third-order valence-electron chi connectivity index (χ3n) is 0.481. The van der Waals surface area contributed by atoms with Crippen molar-refractivity contribution < 1.29 is 14.0 Å². The molecule has 0 bridgehead atoms. The summed E-state index contributed by atoms with van der Waals surface area (Å²) in [5, 5.41) is 8.20. The SMILES string of the molecule is [2H]C([2H])([2H])[C@H](C)CC(=O)O. The molecule has 0 aliphatic carbocycles. The first-order chi connectivity index (χ1) is 4.34. The van der Waals surface area contributed by atoms with E-state index in [9.17, 15) is 4.79 Å². The van der Waals surface area contributed by atoms with Crippen LogP contribution in [0, 0.1) is 5.92 Å². The zero-order chi connectivity index (χ0) is 8.36. The van der Waals surface area contributed by atoms with E-state index in [0.717, 1.165) is 0 Å². The largest absolute Gasteiger partial charge is 0.481 e. The van der Waals surface area contributed by atoms with E-state index in [2.05, 4.69) is 0 Å². The molecule has 0 aromatic rings. The van der Waals surface area contributed by atoms with Crippen molar-refractivity contribution in [3.05, 3.63) is 0 Å². The highest BCUT2D eigenvalue weighted by molar-refractivity contribution is 5.66. The predicted molar refractivity (Wildman–Crippen MR) is 27.1 cm³/mol. The highest BCUT2D eigenvalue weighted by Crippen LogP contribution is 1.96. The molecular weight excluding hydrogens is 92.1 g/mol. The minimum absolute atomic E-state index is 0.295. The fourth-order valence-electron chi connectivity index (χ4n) is 0.262. The Morgan fingerprint density at radius 1 is 2.14 bits per heavy atom. The van der Waals surface area contributed by atoms with E-state index in [1.54, 1.807) is 0 Å². The van der Waals surface area contributed by atoms with E-state index >= 15 is 0 Å². The van der Waals surface area contributed by atoms with E-state index in [4.69, 9.17) is 9.22 Å². The molecule has 42 valence electrons. The molecule has 1 atom stereocenters. The minimum atomic E-state index is -2.14. The molecule has 0 aliphatic heterocycles. The lowest BCUT2D eigenvalue weighted by atomic mass is 10.1. The fraction of sp³-hybridized carbons (Fsp3) is 0.800. The number of hydrogen-bond donors (Lipinski definition) is 1. The number of rotatable bonds is 2. The monoisotopic (exact) mass is 105 g/mol. The summed E-state index contributed by atoms with van der Waals surface area (Å²) in [6, 6.07) is 0. The van der Waals surface area contributed by atoms with Gasteiger partial charge in [0.25, 0.3) is 0 Å². The van der Waals surface area contributed by atoms with Crippen LogP contribution in [0.15, 0.2) is 0 Å². The van der Waals surface area contributed by atoms with Gasteiger partial charge in [0.05, 0.1) is 0 Å². The summed E-state index contributed by atoms with van der Waals surface area (Å²) in [7, 11) is 0. The van der Waals surface area contributed by atoms with Crippen LogP contribution >= 0.6 is 0 Å². The van der Waals surface area contributed by atoms with Crippen LogP contribution in [-0.4, -0.2) is 11.1 Å².